The van der Waals surface area contributed by atoms with Crippen LogP contribution >= 0.6 is 0 Å². The molecule has 0 aliphatic carbocycles. The molecule has 2 amide bonds. The van der Waals surface area contributed by atoms with Crippen molar-refractivity contribution in [2.24, 2.45) is 5.73 Å². The molecule has 0 aliphatic heterocycles. The number of rotatable bonds is 13. The predicted molar refractivity (Wildman–Crippen MR) is 162 cm³/mol. The van der Waals surface area contributed by atoms with Crippen molar-refractivity contribution in [3.05, 3.63) is 106 Å². The van der Waals surface area contributed by atoms with Gasteiger partial charge in [0.2, 0.25) is 5.91 Å². The van der Waals surface area contributed by atoms with Gasteiger partial charge in [-0.2, -0.15) is 0 Å². The zero-order valence-electron chi connectivity index (χ0n) is 25.3. The highest BCUT2D eigenvalue weighted by Crippen LogP contribution is 2.17. The third kappa shape index (κ3) is 9.97. The van der Waals surface area contributed by atoms with Crippen LogP contribution in [0.2, 0.25) is 0 Å². The summed E-state index contributed by atoms with van der Waals surface area (Å²) >= 11 is 0. The van der Waals surface area contributed by atoms with Crippen molar-refractivity contribution in [1.82, 2.24) is 15.1 Å². The molecule has 2 atom stereocenters. The van der Waals surface area contributed by atoms with E-state index in [9.17, 15) is 23.2 Å². The van der Waals surface area contributed by atoms with Gasteiger partial charge in [0.1, 0.15) is 17.7 Å². The number of halogens is 2. The van der Waals surface area contributed by atoms with Gasteiger partial charge in [-0.3, -0.25) is 9.59 Å². The number of hydrogen-bond acceptors (Lipinski definition) is 6. The van der Waals surface area contributed by atoms with Gasteiger partial charge in [-0.05, 0) is 72.4 Å². The van der Waals surface area contributed by atoms with Crippen LogP contribution < -0.4 is 11.1 Å². The van der Waals surface area contributed by atoms with Crippen molar-refractivity contribution in [2.75, 3.05) is 34.2 Å². The normalized spacial score (nSPS) is 12.4. The van der Waals surface area contributed by atoms with E-state index in [1.165, 1.54) is 40.6 Å². The van der Waals surface area contributed by atoms with E-state index in [4.69, 9.17) is 10.5 Å². The summed E-state index contributed by atoms with van der Waals surface area (Å²) in [5.41, 5.74) is 10.0. The minimum atomic E-state index is -0.867. The number of carbonyl (C=O) groups is 3. The summed E-state index contributed by atoms with van der Waals surface area (Å²) in [5, 5.41) is 3.28. The molecule has 0 radical (unpaired) electrons. The van der Waals surface area contributed by atoms with Crippen LogP contribution in [0, 0.1) is 18.6 Å². The molecule has 3 aromatic carbocycles. The minimum absolute atomic E-state index is 0.0574. The second kappa shape index (κ2) is 15.4. The number of hydrogen-bond donors (Lipinski definition) is 2. The summed E-state index contributed by atoms with van der Waals surface area (Å²) in [6, 6.07) is 15.1. The maximum atomic E-state index is 13.8. The predicted octanol–water partition coefficient (Wildman–Crippen LogP) is 3.88. The highest BCUT2D eigenvalue weighted by atomic mass is 19.1. The molecule has 3 aromatic rings. The Morgan fingerprint density at radius 2 is 1.56 bits per heavy atom. The van der Waals surface area contributed by atoms with Gasteiger partial charge in [-0.1, -0.05) is 31.2 Å². The van der Waals surface area contributed by atoms with Crippen molar-refractivity contribution < 1.29 is 27.9 Å². The molecular formula is C33H40F2N4O4. The Kier molecular flexibility index (Phi) is 11.9. The molecule has 0 aromatic heterocycles. The van der Waals surface area contributed by atoms with E-state index in [1.807, 2.05) is 18.2 Å². The topological polar surface area (TPSA) is 105 Å². The van der Waals surface area contributed by atoms with Gasteiger partial charge in [-0.15, -0.1) is 0 Å². The van der Waals surface area contributed by atoms with E-state index >= 15 is 0 Å². The second-order valence-electron chi connectivity index (χ2n) is 10.9. The van der Waals surface area contributed by atoms with E-state index < -0.39 is 35.7 Å². The lowest BCUT2D eigenvalue weighted by molar-refractivity contribution is -0.129. The third-order valence-electron chi connectivity index (χ3n) is 6.98. The molecule has 10 heteroatoms. The molecule has 0 unspecified atom stereocenters. The van der Waals surface area contributed by atoms with Gasteiger partial charge in [-0.25, -0.2) is 13.6 Å². The van der Waals surface area contributed by atoms with E-state index in [2.05, 4.69) is 18.3 Å². The first kappa shape index (κ1) is 33.4. The molecule has 0 saturated heterocycles. The first-order valence-corrected chi connectivity index (χ1v) is 14.1. The monoisotopic (exact) mass is 594 g/mol. The van der Waals surface area contributed by atoms with Crippen LogP contribution in [-0.4, -0.2) is 74.0 Å². The molecule has 0 aliphatic rings. The van der Waals surface area contributed by atoms with Gasteiger partial charge < -0.3 is 25.6 Å². The Morgan fingerprint density at radius 1 is 0.907 bits per heavy atom. The smallest absolute Gasteiger partial charge is 0.338 e. The molecule has 43 heavy (non-hydrogen) atoms. The number of likely N-dealkylation sites (N-methyl/N-ethyl adjacent to an activating group) is 2. The third-order valence-corrected chi connectivity index (χ3v) is 6.98. The fourth-order valence-corrected chi connectivity index (χ4v) is 4.60. The Hall–Kier alpha value is -4.15. The summed E-state index contributed by atoms with van der Waals surface area (Å²) in [6.07, 6.45) is 0.0848. The number of carbonyl (C=O) groups excluding carboxylic acids is 3. The summed E-state index contributed by atoms with van der Waals surface area (Å²) in [7, 11) is 4.71. The molecule has 0 fully saturated rings. The van der Waals surface area contributed by atoms with Gasteiger partial charge in [0, 0.05) is 51.9 Å². The molecule has 230 valence electrons. The molecule has 0 spiro atoms. The lowest BCUT2D eigenvalue weighted by Crippen LogP contribution is -2.46. The SMILES string of the molecule is CCc1cccc(CNC[C@@H](OC(=O)c2cc(C)cc(C(=O)N(C)CC(=O)N(C)C)c2)[C@@H](N)Cc2cc(F)cc(F)c2)c1. The summed E-state index contributed by atoms with van der Waals surface area (Å²) < 4.78 is 33.5. The van der Waals surface area contributed by atoms with Crippen molar-refractivity contribution in [3.63, 3.8) is 0 Å². The second-order valence-corrected chi connectivity index (χ2v) is 10.9. The fourth-order valence-electron chi connectivity index (χ4n) is 4.60. The van der Waals surface area contributed by atoms with Crippen LogP contribution in [0.1, 0.15) is 49.9 Å². The number of nitrogens with one attached hydrogen (secondary N) is 1. The van der Waals surface area contributed by atoms with Crippen molar-refractivity contribution >= 4 is 17.8 Å². The van der Waals surface area contributed by atoms with E-state index in [0.717, 1.165) is 18.1 Å². The van der Waals surface area contributed by atoms with E-state index in [0.29, 0.717) is 17.7 Å². The maximum Gasteiger partial charge on any atom is 0.338 e. The van der Waals surface area contributed by atoms with Crippen LogP contribution in [0.3, 0.4) is 0 Å². The molecule has 0 heterocycles. The number of nitrogens with two attached hydrogens (primary N) is 1. The molecule has 3 N–H and O–H groups in total. The Morgan fingerprint density at radius 3 is 2.21 bits per heavy atom. The van der Waals surface area contributed by atoms with Crippen molar-refractivity contribution in [3.8, 4) is 0 Å². The zero-order valence-corrected chi connectivity index (χ0v) is 25.3. The molecule has 0 saturated carbocycles. The lowest BCUT2D eigenvalue weighted by Gasteiger charge is -2.25. The number of aryl methyl sites for hydroxylation is 2. The lowest BCUT2D eigenvalue weighted by atomic mass is 10.0. The van der Waals surface area contributed by atoms with Gasteiger partial charge in [0.05, 0.1) is 12.1 Å². The molecular weight excluding hydrogens is 554 g/mol. The van der Waals surface area contributed by atoms with E-state index in [1.54, 1.807) is 33.2 Å². The summed E-state index contributed by atoms with van der Waals surface area (Å²) in [5.74, 6) is -2.82. The van der Waals surface area contributed by atoms with Crippen molar-refractivity contribution in [2.45, 2.75) is 45.4 Å². The summed E-state index contributed by atoms with van der Waals surface area (Å²) in [6.45, 7) is 4.36. The zero-order chi connectivity index (χ0) is 31.7. The fraction of sp³-hybridized carbons (Fsp3) is 0.364. The Bertz CT molecular complexity index is 1430. The average Bonchev–Trinajstić information content (AvgIpc) is 2.95. The molecule has 0 bridgehead atoms. The standard InChI is InChI=1S/C33H40F2N4O4/c1-6-22-8-7-9-23(12-22)18-37-19-30(29(36)15-24-13-27(34)17-28(35)14-24)43-33(42)26-11-21(2)10-25(16-26)32(41)39(5)20-31(40)38(3)4/h7-14,16-17,29-30,37H,6,15,18-20,36H2,1-5H3/t29-,30+/m0/s1. The quantitative estimate of drug-likeness (QED) is 0.291. The number of benzene rings is 3. The highest BCUT2D eigenvalue weighted by Gasteiger charge is 2.25. The number of esters is 1. The number of ether oxygens (including phenoxy) is 1. The molecule has 3 rings (SSSR count). The van der Waals surface area contributed by atoms with Gasteiger partial charge >= 0.3 is 5.97 Å². The van der Waals surface area contributed by atoms with Gasteiger partial charge in [0.15, 0.2) is 0 Å². The van der Waals surface area contributed by atoms with Crippen molar-refractivity contribution in [1.29, 1.82) is 0 Å². The average molecular weight is 595 g/mol. The largest absolute Gasteiger partial charge is 0.456 e. The molecule has 8 nitrogen and oxygen atoms in total. The first-order chi connectivity index (χ1) is 20.4. The Labute approximate surface area is 251 Å². The van der Waals surface area contributed by atoms with Crippen LogP contribution in [0.4, 0.5) is 8.78 Å². The summed E-state index contributed by atoms with van der Waals surface area (Å²) in [4.78, 5) is 41.2. The van der Waals surface area contributed by atoms with Crippen LogP contribution in [0.25, 0.3) is 0 Å². The highest BCUT2D eigenvalue weighted by molar-refractivity contribution is 5.99. The number of amides is 2. The maximum absolute atomic E-state index is 13.8. The van der Waals surface area contributed by atoms with Crippen LogP contribution in [0.5, 0.6) is 0 Å². The number of nitrogens with zero attached hydrogens (tertiary/aromatic N) is 2. The first-order valence-electron chi connectivity index (χ1n) is 14.1. The van der Waals surface area contributed by atoms with Crippen LogP contribution in [0.15, 0.2) is 60.7 Å². The minimum Gasteiger partial charge on any atom is -0.456 e. The Balaban J connectivity index is 1.80. The van der Waals surface area contributed by atoms with Gasteiger partial charge in [0.25, 0.3) is 5.91 Å². The van der Waals surface area contributed by atoms with Crippen LogP contribution in [-0.2, 0) is 28.9 Å². The van der Waals surface area contributed by atoms with E-state index in [-0.39, 0.29) is 36.5 Å².